The summed E-state index contributed by atoms with van der Waals surface area (Å²) in [5.74, 6) is 0.406. The van der Waals surface area contributed by atoms with Crippen molar-refractivity contribution in [2.75, 3.05) is 11.1 Å². The molecule has 0 bridgehead atoms. The van der Waals surface area contributed by atoms with E-state index in [0.29, 0.717) is 28.6 Å². The Bertz CT molecular complexity index is 673. The molecule has 1 amide bonds. The minimum Gasteiger partial charge on any atom is -0.478 e. The Hall–Kier alpha value is -2.20. The van der Waals surface area contributed by atoms with Crippen LogP contribution in [0.4, 0.5) is 11.4 Å². The van der Waals surface area contributed by atoms with E-state index < -0.39 is 6.10 Å². The van der Waals surface area contributed by atoms with Crippen molar-refractivity contribution in [3.8, 4) is 5.75 Å². The molecule has 0 aromatic heterocycles. The van der Waals surface area contributed by atoms with Crippen molar-refractivity contribution in [2.45, 2.75) is 12.5 Å². The fraction of sp³-hybridized carbons (Fsp3) is 0.133. The molecule has 3 rings (SSSR count). The number of benzene rings is 2. The van der Waals surface area contributed by atoms with E-state index in [2.05, 4.69) is 5.32 Å². The zero-order valence-corrected chi connectivity index (χ0v) is 11.4. The van der Waals surface area contributed by atoms with E-state index in [-0.39, 0.29) is 5.91 Å². The van der Waals surface area contributed by atoms with E-state index in [9.17, 15) is 4.79 Å². The summed E-state index contributed by atoms with van der Waals surface area (Å²) in [4.78, 5) is 12.0. The number of carbonyl (C=O) groups is 1. The summed E-state index contributed by atoms with van der Waals surface area (Å²) in [6.07, 6.45) is -0.191. The van der Waals surface area contributed by atoms with Crippen LogP contribution in [0.1, 0.15) is 5.56 Å². The highest BCUT2D eigenvalue weighted by molar-refractivity contribution is 6.31. The first-order chi connectivity index (χ1) is 9.63. The summed E-state index contributed by atoms with van der Waals surface area (Å²) in [6, 6.07) is 12.6. The second-order valence-corrected chi connectivity index (χ2v) is 5.05. The number of ether oxygens (including phenoxy) is 1. The summed E-state index contributed by atoms with van der Waals surface area (Å²) in [5, 5.41) is 3.44. The molecule has 2 aromatic carbocycles. The van der Waals surface area contributed by atoms with Crippen LogP contribution < -0.4 is 15.8 Å². The van der Waals surface area contributed by atoms with Crippen molar-refractivity contribution in [1.82, 2.24) is 0 Å². The van der Waals surface area contributed by atoms with Gasteiger partial charge in [-0.05, 0) is 23.8 Å². The molecule has 1 atom stereocenters. The molecule has 4 nitrogen and oxygen atoms in total. The van der Waals surface area contributed by atoms with Gasteiger partial charge in [0.25, 0.3) is 5.91 Å². The maximum absolute atomic E-state index is 12.0. The fourth-order valence-corrected chi connectivity index (χ4v) is 2.37. The van der Waals surface area contributed by atoms with E-state index in [0.717, 1.165) is 5.56 Å². The van der Waals surface area contributed by atoms with Crippen molar-refractivity contribution >= 4 is 28.9 Å². The van der Waals surface area contributed by atoms with Crippen molar-refractivity contribution < 1.29 is 9.53 Å². The Morgan fingerprint density at radius 1 is 1.25 bits per heavy atom. The molecule has 1 aliphatic heterocycles. The van der Waals surface area contributed by atoms with Gasteiger partial charge in [-0.1, -0.05) is 29.8 Å². The number of nitrogens with one attached hydrogen (secondary N) is 1. The van der Waals surface area contributed by atoms with Crippen LogP contribution in [0.15, 0.2) is 42.5 Å². The molecule has 1 aliphatic rings. The number of carbonyl (C=O) groups excluding carboxylic acids is 1. The van der Waals surface area contributed by atoms with Crippen molar-refractivity contribution in [2.24, 2.45) is 0 Å². The maximum atomic E-state index is 12.0. The molecule has 0 radical (unpaired) electrons. The Balaban J connectivity index is 1.85. The molecule has 5 heteroatoms. The lowest BCUT2D eigenvalue weighted by Gasteiger charge is -2.26. The van der Waals surface area contributed by atoms with Crippen LogP contribution in [-0.4, -0.2) is 12.0 Å². The highest BCUT2D eigenvalue weighted by Crippen LogP contribution is 2.32. The number of rotatable bonds is 2. The Morgan fingerprint density at radius 3 is 2.85 bits per heavy atom. The van der Waals surface area contributed by atoms with Crippen LogP contribution in [0.2, 0.25) is 5.02 Å². The van der Waals surface area contributed by atoms with Gasteiger partial charge in [0.15, 0.2) is 6.10 Å². The summed E-state index contributed by atoms with van der Waals surface area (Å²) >= 11 is 6.11. The summed E-state index contributed by atoms with van der Waals surface area (Å²) in [5.41, 5.74) is 7.83. The third-order valence-electron chi connectivity index (χ3n) is 3.19. The number of hydrogen-bond donors (Lipinski definition) is 2. The SMILES string of the molecule is Nc1ccc2c(c1)OC(Cc1ccccc1Cl)C(=O)N2. The molecule has 0 saturated carbocycles. The Labute approximate surface area is 121 Å². The topological polar surface area (TPSA) is 64.3 Å². The third-order valence-corrected chi connectivity index (χ3v) is 3.56. The number of fused-ring (bicyclic) bond motifs is 1. The summed E-state index contributed by atoms with van der Waals surface area (Å²) < 4.78 is 5.73. The van der Waals surface area contributed by atoms with Gasteiger partial charge in [0.1, 0.15) is 5.75 Å². The van der Waals surface area contributed by atoms with Crippen LogP contribution in [0.3, 0.4) is 0 Å². The van der Waals surface area contributed by atoms with E-state index in [1.54, 1.807) is 24.3 Å². The van der Waals surface area contributed by atoms with Crippen LogP contribution in [0.5, 0.6) is 5.75 Å². The lowest BCUT2D eigenvalue weighted by molar-refractivity contribution is -0.123. The van der Waals surface area contributed by atoms with E-state index in [1.165, 1.54) is 0 Å². The third kappa shape index (κ3) is 2.42. The van der Waals surface area contributed by atoms with E-state index in [4.69, 9.17) is 22.1 Å². The maximum Gasteiger partial charge on any atom is 0.265 e. The van der Waals surface area contributed by atoms with Gasteiger partial charge < -0.3 is 15.8 Å². The van der Waals surface area contributed by atoms with Gasteiger partial charge in [0.05, 0.1) is 5.69 Å². The Kier molecular flexibility index (Phi) is 3.24. The molecule has 20 heavy (non-hydrogen) atoms. The van der Waals surface area contributed by atoms with Crippen LogP contribution in [-0.2, 0) is 11.2 Å². The molecule has 0 saturated heterocycles. The number of nitrogen functional groups attached to an aromatic ring is 1. The van der Waals surface area contributed by atoms with Gasteiger partial charge in [-0.3, -0.25) is 4.79 Å². The van der Waals surface area contributed by atoms with Gasteiger partial charge in [-0.2, -0.15) is 0 Å². The number of amides is 1. The first-order valence-electron chi connectivity index (χ1n) is 6.24. The molecular weight excluding hydrogens is 276 g/mol. The number of nitrogens with two attached hydrogens (primary N) is 1. The van der Waals surface area contributed by atoms with Crippen molar-refractivity contribution in [3.63, 3.8) is 0 Å². The monoisotopic (exact) mass is 288 g/mol. The standard InChI is InChI=1S/C15H13ClN2O2/c16-11-4-2-1-3-9(11)7-14-15(19)18-12-6-5-10(17)8-13(12)20-14/h1-6,8,14H,7,17H2,(H,18,19). The number of hydrogen-bond acceptors (Lipinski definition) is 3. The number of halogens is 1. The molecule has 0 fully saturated rings. The normalized spacial score (nSPS) is 17.1. The lowest BCUT2D eigenvalue weighted by Crippen LogP contribution is -2.38. The van der Waals surface area contributed by atoms with Gasteiger partial charge in [-0.15, -0.1) is 0 Å². The summed E-state index contributed by atoms with van der Waals surface area (Å²) in [7, 11) is 0. The van der Waals surface area contributed by atoms with Crippen molar-refractivity contribution in [1.29, 1.82) is 0 Å². The van der Waals surface area contributed by atoms with E-state index >= 15 is 0 Å². The Morgan fingerprint density at radius 2 is 2.05 bits per heavy atom. The van der Waals surface area contributed by atoms with Crippen LogP contribution >= 0.6 is 11.6 Å². The van der Waals surface area contributed by atoms with Crippen molar-refractivity contribution in [3.05, 3.63) is 53.1 Å². The quantitative estimate of drug-likeness (QED) is 0.835. The molecule has 3 N–H and O–H groups in total. The zero-order chi connectivity index (χ0) is 14.1. The van der Waals surface area contributed by atoms with Gasteiger partial charge >= 0.3 is 0 Å². The second-order valence-electron chi connectivity index (χ2n) is 4.65. The predicted octanol–water partition coefficient (Wildman–Crippen LogP) is 2.86. The first kappa shape index (κ1) is 12.8. The molecule has 1 heterocycles. The highest BCUT2D eigenvalue weighted by Gasteiger charge is 2.28. The second kappa shape index (κ2) is 5.06. The molecule has 2 aromatic rings. The first-order valence-corrected chi connectivity index (χ1v) is 6.62. The zero-order valence-electron chi connectivity index (χ0n) is 10.6. The van der Waals surface area contributed by atoms with Gasteiger partial charge in [0.2, 0.25) is 0 Å². The average molecular weight is 289 g/mol. The molecule has 0 aliphatic carbocycles. The largest absolute Gasteiger partial charge is 0.478 e. The molecule has 102 valence electrons. The minimum atomic E-state index is -0.607. The fourth-order valence-electron chi connectivity index (χ4n) is 2.16. The van der Waals surface area contributed by atoms with Crippen LogP contribution in [0, 0.1) is 0 Å². The van der Waals surface area contributed by atoms with Gasteiger partial charge in [-0.25, -0.2) is 0 Å². The molecule has 0 spiro atoms. The predicted molar refractivity (Wildman–Crippen MR) is 79.1 cm³/mol. The highest BCUT2D eigenvalue weighted by atomic mass is 35.5. The smallest absolute Gasteiger partial charge is 0.265 e. The number of anilines is 2. The van der Waals surface area contributed by atoms with Gasteiger partial charge in [0, 0.05) is 23.2 Å². The minimum absolute atomic E-state index is 0.179. The molecule has 1 unspecified atom stereocenters. The molecular formula is C15H13ClN2O2. The average Bonchev–Trinajstić information content (AvgIpc) is 2.42. The van der Waals surface area contributed by atoms with Crippen LogP contribution in [0.25, 0.3) is 0 Å². The summed E-state index contributed by atoms with van der Waals surface area (Å²) in [6.45, 7) is 0. The van der Waals surface area contributed by atoms with E-state index in [1.807, 2.05) is 18.2 Å². The lowest BCUT2D eigenvalue weighted by atomic mass is 10.1.